The molecule has 0 amide bonds. The standard InChI is InChI=1S/C29H40O2/c1-3-22-5-9-24(10-6-22)17-25-13-15-27(16-14-25)19-29-30-20-28(21-31-29)18-26-11-7-23(4-2)8-12-26/h5-6,9-10,13-16,23,26,28-29H,3-4,7-8,11-12,17-21H2,1-2H3. The fraction of sp³-hybridized carbons (Fsp3) is 0.586. The van der Waals surface area contributed by atoms with E-state index < -0.39 is 0 Å². The molecule has 4 rings (SSSR count). The Hall–Kier alpha value is -1.64. The minimum Gasteiger partial charge on any atom is -0.352 e. The van der Waals surface area contributed by atoms with Gasteiger partial charge in [0, 0.05) is 12.3 Å². The van der Waals surface area contributed by atoms with Crippen LogP contribution in [0.1, 0.15) is 74.6 Å². The molecule has 168 valence electrons. The van der Waals surface area contributed by atoms with E-state index in [1.165, 1.54) is 60.8 Å². The zero-order valence-corrected chi connectivity index (χ0v) is 19.5. The van der Waals surface area contributed by atoms with E-state index in [0.717, 1.165) is 44.3 Å². The molecule has 2 heteroatoms. The van der Waals surface area contributed by atoms with Gasteiger partial charge in [0.15, 0.2) is 6.29 Å². The summed E-state index contributed by atoms with van der Waals surface area (Å²) in [7, 11) is 0. The number of ether oxygens (including phenoxy) is 2. The van der Waals surface area contributed by atoms with Gasteiger partial charge in [0.2, 0.25) is 0 Å². The van der Waals surface area contributed by atoms with Gasteiger partial charge in [-0.1, -0.05) is 94.5 Å². The van der Waals surface area contributed by atoms with Gasteiger partial charge in [-0.25, -0.2) is 0 Å². The first kappa shape index (κ1) is 22.6. The van der Waals surface area contributed by atoms with Crippen molar-refractivity contribution in [3.8, 4) is 0 Å². The fourth-order valence-electron chi connectivity index (χ4n) is 5.30. The number of aryl methyl sites for hydroxylation is 1. The molecule has 0 unspecified atom stereocenters. The maximum Gasteiger partial charge on any atom is 0.161 e. The van der Waals surface area contributed by atoms with Crippen LogP contribution in [0.5, 0.6) is 0 Å². The van der Waals surface area contributed by atoms with E-state index in [0.29, 0.717) is 5.92 Å². The number of rotatable bonds is 8. The van der Waals surface area contributed by atoms with Gasteiger partial charge in [0.25, 0.3) is 0 Å². The van der Waals surface area contributed by atoms with Crippen molar-refractivity contribution in [2.75, 3.05) is 13.2 Å². The molecule has 2 aromatic carbocycles. The average Bonchev–Trinajstić information content (AvgIpc) is 2.82. The van der Waals surface area contributed by atoms with Crippen molar-refractivity contribution >= 4 is 0 Å². The topological polar surface area (TPSA) is 18.5 Å². The van der Waals surface area contributed by atoms with E-state index in [-0.39, 0.29) is 6.29 Å². The Bertz CT molecular complexity index is 763. The molecule has 31 heavy (non-hydrogen) atoms. The molecular weight excluding hydrogens is 380 g/mol. The van der Waals surface area contributed by atoms with Crippen LogP contribution in [-0.2, 0) is 28.7 Å². The molecule has 0 bridgehead atoms. The number of hydrogen-bond acceptors (Lipinski definition) is 2. The van der Waals surface area contributed by atoms with Crippen molar-refractivity contribution in [2.45, 2.75) is 77.9 Å². The maximum atomic E-state index is 6.10. The lowest BCUT2D eigenvalue weighted by atomic mass is 9.77. The predicted octanol–water partition coefficient (Wildman–Crippen LogP) is 6.98. The SMILES string of the molecule is CCc1ccc(Cc2ccc(CC3OCC(CC4CCC(CC)CC4)CO3)cc2)cc1. The third kappa shape index (κ3) is 6.67. The molecule has 0 atom stereocenters. The smallest absolute Gasteiger partial charge is 0.161 e. The van der Waals surface area contributed by atoms with Crippen molar-refractivity contribution in [3.63, 3.8) is 0 Å². The minimum absolute atomic E-state index is 0.0838. The molecule has 2 fully saturated rings. The van der Waals surface area contributed by atoms with E-state index in [1.54, 1.807) is 0 Å². The Morgan fingerprint density at radius 3 is 1.71 bits per heavy atom. The zero-order chi connectivity index (χ0) is 21.5. The van der Waals surface area contributed by atoms with Crippen molar-refractivity contribution in [1.82, 2.24) is 0 Å². The fourth-order valence-corrected chi connectivity index (χ4v) is 5.30. The molecular formula is C29H40O2. The normalized spacial score (nSPS) is 26.6. The molecule has 1 saturated carbocycles. The first-order valence-electron chi connectivity index (χ1n) is 12.6. The second-order valence-electron chi connectivity index (χ2n) is 9.86. The highest BCUT2D eigenvalue weighted by atomic mass is 16.7. The first-order valence-corrected chi connectivity index (χ1v) is 12.6. The Morgan fingerprint density at radius 1 is 0.645 bits per heavy atom. The Kier molecular flexibility index (Phi) is 8.21. The molecule has 2 nitrogen and oxygen atoms in total. The van der Waals surface area contributed by atoms with Gasteiger partial charge in [-0.2, -0.15) is 0 Å². The van der Waals surface area contributed by atoms with Gasteiger partial charge in [-0.15, -0.1) is 0 Å². The van der Waals surface area contributed by atoms with Crippen molar-refractivity contribution < 1.29 is 9.47 Å². The Balaban J connectivity index is 1.19. The third-order valence-corrected chi connectivity index (χ3v) is 7.51. The lowest BCUT2D eigenvalue weighted by Crippen LogP contribution is -2.34. The predicted molar refractivity (Wildman–Crippen MR) is 128 cm³/mol. The van der Waals surface area contributed by atoms with E-state index in [2.05, 4.69) is 62.4 Å². The molecule has 0 N–H and O–H groups in total. The van der Waals surface area contributed by atoms with Gasteiger partial charge in [-0.3, -0.25) is 0 Å². The van der Waals surface area contributed by atoms with Gasteiger partial charge >= 0.3 is 0 Å². The largest absolute Gasteiger partial charge is 0.352 e. The van der Waals surface area contributed by atoms with E-state index in [9.17, 15) is 0 Å². The summed E-state index contributed by atoms with van der Waals surface area (Å²) in [6, 6.07) is 18.0. The Morgan fingerprint density at radius 2 is 1.16 bits per heavy atom. The molecule has 1 aliphatic heterocycles. The lowest BCUT2D eigenvalue weighted by molar-refractivity contribution is -0.201. The van der Waals surface area contributed by atoms with Crippen molar-refractivity contribution in [2.24, 2.45) is 17.8 Å². The molecule has 1 heterocycles. The second-order valence-corrected chi connectivity index (χ2v) is 9.86. The summed E-state index contributed by atoms with van der Waals surface area (Å²) in [6.07, 6.45) is 11.2. The van der Waals surface area contributed by atoms with Crippen molar-refractivity contribution in [3.05, 3.63) is 70.8 Å². The van der Waals surface area contributed by atoms with Gasteiger partial charge in [0.1, 0.15) is 0 Å². The van der Waals surface area contributed by atoms with E-state index in [4.69, 9.17) is 9.47 Å². The molecule has 2 aliphatic rings. The van der Waals surface area contributed by atoms with Crippen LogP contribution in [0.15, 0.2) is 48.5 Å². The summed E-state index contributed by atoms with van der Waals surface area (Å²) in [5.41, 5.74) is 5.43. The van der Waals surface area contributed by atoms with Crippen LogP contribution >= 0.6 is 0 Å². The molecule has 1 saturated heterocycles. The number of benzene rings is 2. The van der Waals surface area contributed by atoms with Crippen LogP contribution in [0.4, 0.5) is 0 Å². The highest BCUT2D eigenvalue weighted by Gasteiger charge is 2.27. The van der Waals surface area contributed by atoms with E-state index >= 15 is 0 Å². The van der Waals surface area contributed by atoms with Crippen molar-refractivity contribution in [1.29, 1.82) is 0 Å². The summed E-state index contributed by atoms with van der Waals surface area (Å²) in [5, 5.41) is 0. The minimum atomic E-state index is -0.0838. The summed E-state index contributed by atoms with van der Waals surface area (Å²) >= 11 is 0. The van der Waals surface area contributed by atoms with Crippen LogP contribution < -0.4 is 0 Å². The molecule has 2 aromatic rings. The molecule has 0 radical (unpaired) electrons. The Labute approximate surface area is 189 Å². The monoisotopic (exact) mass is 420 g/mol. The highest BCUT2D eigenvalue weighted by molar-refractivity contribution is 5.30. The maximum absolute atomic E-state index is 6.10. The molecule has 0 spiro atoms. The summed E-state index contributed by atoms with van der Waals surface area (Å²) < 4.78 is 12.2. The van der Waals surface area contributed by atoms with Crippen LogP contribution in [0.2, 0.25) is 0 Å². The second kappa shape index (κ2) is 11.3. The van der Waals surface area contributed by atoms with Crippen LogP contribution in [0.25, 0.3) is 0 Å². The quantitative estimate of drug-likeness (QED) is 0.459. The molecule has 0 aromatic heterocycles. The van der Waals surface area contributed by atoms with Crippen LogP contribution in [-0.4, -0.2) is 19.5 Å². The van der Waals surface area contributed by atoms with E-state index in [1.807, 2.05) is 0 Å². The summed E-state index contributed by atoms with van der Waals surface area (Å²) in [5.74, 6) is 2.45. The van der Waals surface area contributed by atoms with Crippen LogP contribution in [0.3, 0.4) is 0 Å². The number of hydrogen-bond donors (Lipinski definition) is 0. The van der Waals surface area contributed by atoms with Gasteiger partial charge in [0.05, 0.1) is 13.2 Å². The average molecular weight is 421 g/mol. The lowest BCUT2D eigenvalue weighted by Gasteiger charge is -2.34. The highest BCUT2D eigenvalue weighted by Crippen LogP contribution is 2.35. The summed E-state index contributed by atoms with van der Waals surface area (Å²) in [6.45, 7) is 6.27. The summed E-state index contributed by atoms with van der Waals surface area (Å²) in [4.78, 5) is 0. The zero-order valence-electron chi connectivity index (χ0n) is 19.5. The third-order valence-electron chi connectivity index (χ3n) is 7.51. The van der Waals surface area contributed by atoms with Gasteiger partial charge < -0.3 is 9.47 Å². The van der Waals surface area contributed by atoms with Crippen LogP contribution in [0, 0.1) is 17.8 Å². The van der Waals surface area contributed by atoms with Gasteiger partial charge in [-0.05, 0) is 53.4 Å². The first-order chi connectivity index (χ1) is 15.2. The molecule has 1 aliphatic carbocycles.